The summed E-state index contributed by atoms with van der Waals surface area (Å²) in [6.45, 7) is 3.41. The first-order valence-electron chi connectivity index (χ1n) is 5.81. The number of pyridine rings is 1. The fourth-order valence-electron chi connectivity index (χ4n) is 1.75. The Labute approximate surface area is 115 Å². The lowest BCUT2D eigenvalue weighted by molar-refractivity contribution is -0.385. The quantitative estimate of drug-likeness (QED) is 0.630. The number of hydrogen-bond acceptors (Lipinski definition) is 5. The molecule has 0 aliphatic heterocycles. The number of nitriles is 1. The Morgan fingerprint density at radius 3 is 2.65 bits per heavy atom. The Morgan fingerprint density at radius 2 is 2.05 bits per heavy atom. The van der Waals surface area contributed by atoms with Gasteiger partial charge in [-0.25, -0.2) is 4.98 Å². The van der Waals surface area contributed by atoms with Crippen LogP contribution >= 0.6 is 0 Å². The average molecular weight is 269 g/mol. The minimum absolute atomic E-state index is 0.0232. The van der Waals surface area contributed by atoms with Gasteiger partial charge in [-0.3, -0.25) is 10.1 Å². The molecule has 20 heavy (non-hydrogen) atoms. The van der Waals surface area contributed by atoms with Crippen LogP contribution in [0.4, 0.5) is 5.69 Å². The standard InChI is InChI=1S/C14H11N3O3/c1-9-5-6-16-14(12(9)8-15)20-11-3-4-13(17(18)19)10(2)7-11/h3-7H,1-2H3. The molecular formula is C14H11N3O3. The molecule has 1 aromatic heterocycles. The van der Waals surface area contributed by atoms with Crippen molar-refractivity contribution in [2.75, 3.05) is 0 Å². The molecule has 0 unspecified atom stereocenters. The molecule has 0 radical (unpaired) electrons. The Hall–Kier alpha value is -2.94. The van der Waals surface area contributed by atoms with Crippen LogP contribution in [0.3, 0.4) is 0 Å². The van der Waals surface area contributed by atoms with Crippen molar-refractivity contribution in [2.24, 2.45) is 0 Å². The van der Waals surface area contributed by atoms with Gasteiger partial charge < -0.3 is 4.74 Å². The van der Waals surface area contributed by atoms with E-state index in [0.29, 0.717) is 16.9 Å². The summed E-state index contributed by atoms with van der Waals surface area (Å²) in [5.41, 5.74) is 1.62. The molecule has 0 fully saturated rings. The topological polar surface area (TPSA) is 89.0 Å². The molecule has 0 aliphatic rings. The maximum atomic E-state index is 10.7. The zero-order chi connectivity index (χ0) is 14.7. The van der Waals surface area contributed by atoms with E-state index in [-0.39, 0.29) is 11.6 Å². The van der Waals surface area contributed by atoms with E-state index in [1.165, 1.54) is 12.1 Å². The van der Waals surface area contributed by atoms with Crippen LogP contribution in [0.15, 0.2) is 30.5 Å². The molecule has 1 heterocycles. The molecule has 0 bridgehead atoms. The first-order chi connectivity index (χ1) is 9.52. The lowest BCUT2D eigenvalue weighted by Gasteiger charge is -2.08. The highest BCUT2D eigenvalue weighted by molar-refractivity contribution is 5.48. The van der Waals surface area contributed by atoms with Gasteiger partial charge in [0.25, 0.3) is 5.69 Å². The highest BCUT2D eigenvalue weighted by Crippen LogP contribution is 2.28. The smallest absolute Gasteiger partial charge is 0.272 e. The van der Waals surface area contributed by atoms with Crippen LogP contribution < -0.4 is 4.74 Å². The predicted octanol–water partition coefficient (Wildman–Crippen LogP) is 3.27. The van der Waals surface area contributed by atoms with Gasteiger partial charge in [-0.05, 0) is 37.6 Å². The fraction of sp³-hybridized carbons (Fsp3) is 0.143. The molecule has 1 aromatic carbocycles. The summed E-state index contributed by atoms with van der Waals surface area (Å²) in [6, 6.07) is 8.14. The molecule has 6 heteroatoms. The largest absolute Gasteiger partial charge is 0.438 e. The number of nitrogens with zero attached hydrogens (tertiary/aromatic N) is 3. The van der Waals surface area contributed by atoms with E-state index in [9.17, 15) is 10.1 Å². The third kappa shape index (κ3) is 2.57. The van der Waals surface area contributed by atoms with Crippen molar-refractivity contribution in [3.8, 4) is 17.7 Å². The summed E-state index contributed by atoms with van der Waals surface area (Å²) in [6.07, 6.45) is 1.55. The van der Waals surface area contributed by atoms with E-state index in [0.717, 1.165) is 5.56 Å². The highest BCUT2D eigenvalue weighted by Gasteiger charge is 2.13. The summed E-state index contributed by atoms with van der Waals surface area (Å²) in [5.74, 6) is 0.600. The van der Waals surface area contributed by atoms with Gasteiger partial charge in [0.05, 0.1) is 4.92 Å². The van der Waals surface area contributed by atoms with Crippen LogP contribution in [0.5, 0.6) is 11.6 Å². The first-order valence-corrected chi connectivity index (χ1v) is 5.81. The molecule has 0 N–H and O–H groups in total. The van der Waals surface area contributed by atoms with Gasteiger partial charge in [-0.2, -0.15) is 5.26 Å². The van der Waals surface area contributed by atoms with Gasteiger partial charge in [0.15, 0.2) is 0 Å². The van der Waals surface area contributed by atoms with Gasteiger partial charge in [-0.1, -0.05) is 0 Å². The highest BCUT2D eigenvalue weighted by atomic mass is 16.6. The second-order valence-corrected chi connectivity index (χ2v) is 4.23. The van der Waals surface area contributed by atoms with Crippen molar-refractivity contribution in [3.05, 3.63) is 57.3 Å². The van der Waals surface area contributed by atoms with Gasteiger partial charge in [0, 0.05) is 17.8 Å². The van der Waals surface area contributed by atoms with E-state index >= 15 is 0 Å². The number of nitro benzene ring substituents is 1. The minimum Gasteiger partial charge on any atom is -0.438 e. The van der Waals surface area contributed by atoms with Gasteiger partial charge in [-0.15, -0.1) is 0 Å². The molecule has 0 saturated carbocycles. The molecule has 0 amide bonds. The number of hydrogen-bond donors (Lipinski definition) is 0. The van der Waals surface area contributed by atoms with Gasteiger partial charge in [0.1, 0.15) is 17.4 Å². The van der Waals surface area contributed by atoms with Crippen LogP contribution in [0.2, 0.25) is 0 Å². The van der Waals surface area contributed by atoms with Crippen molar-refractivity contribution in [1.29, 1.82) is 5.26 Å². The summed E-state index contributed by atoms with van der Waals surface area (Å²) >= 11 is 0. The van der Waals surface area contributed by atoms with Crippen molar-refractivity contribution in [1.82, 2.24) is 4.98 Å². The van der Waals surface area contributed by atoms with Crippen molar-refractivity contribution >= 4 is 5.69 Å². The molecule has 0 atom stereocenters. The van der Waals surface area contributed by atoms with Crippen molar-refractivity contribution < 1.29 is 9.66 Å². The van der Waals surface area contributed by atoms with Crippen molar-refractivity contribution in [2.45, 2.75) is 13.8 Å². The summed E-state index contributed by atoms with van der Waals surface area (Å²) in [5, 5.41) is 19.8. The van der Waals surface area contributed by atoms with Crippen LogP contribution in [0.25, 0.3) is 0 Å². The van der Waals surface area contributed by atoms with Gasteiger partial charge >= 0.3 is 0 Å². The summed E-state index contributed by atoms with van der Waals surface area (Å²) in [4.78, 5) is 14.3. The number of nitro groups is 1. The average Bonchev–Trinajstić information content (AvgIpc) is 2.38. The monoisotopic (exact) mass is 269 g/mol. The van der Waals surface area contributed by atoms with E-state index in [4.69, 9.17) is 10.00 Å². The molecule has 0 saturated heterocycles. The fourth-order valence-corrected chi connectivity index (χ4v) is 1.75. The minimum atomic E-state index is -0.454. The number of aromatic nitrogens is 1. The Kier molecular flexibility index (Phi) is 3.62. The van der Waals surface area contributed by atoms with E-state index in [1.807, 2.05) is 6.07 Å². The Morgan fingerprint density at radius 1 is 1.30 bits per heavy atom. The second kappa shape index (κ2) is 5.36. The summed E-state index contributed by atoms with van der Waals surface area (Å²) in [7, 11) is 0. The predicted molar refractivity (Wildman–Crippen MR) is 71.6 cm³/mol. The molecule has 2 aromatic rings. The lowest BCUT2D eigenvalue weighted by atomic mass is 10.1. The molecular weight excluding hydrogens is 258 g/mol. The van der Waals surface area contributed by atoms with Crippen LogP contribution in [-0.2, 0) is 0 Å². The number of aryl methyl sites for hydroxylation is 2. The maximum absolute atomic E-state index is 10.7. The normalized spacial score (nSPS) is 9.85. The molecule has 2 rings (SSSR count). The third-order valence-electron chi connectivity index (χ3n) is 2.82. The van der Waals surface area contributed by atoms with E-state index in [2.05, 4.69) is 4.98 Å². The zero-order valence-corrected chi connectivity index (χ0v) is 11.0. The molecule has 0 aliphatic carbocycles. The first kappa shape index (κ1) is 13.5. The number of rotatable bonds is 3. The number of ether oxygens (including phenoxy) is 1. The van der Waals surface area contributed by atoms with Crippen molar-refractivity contribution in [3.63, 3.8) is 0 Å². The van der Waals surface area contributed by atoms with Gasteiger partial charge in [0.2, 0.25) is 5.88 Å². The van der Waals surface area contributed by atoms with E-state index in [1.54, 1.807) is 32.2 Å². The molecule has 100 valence electrons. The van der Waals surface area contributed by atoms with Crippen LogP contribution in [-0.4, -0.2) is 9.91 Å². The third-order valence-corrected chi connectivity index (χ3v) is 2.82. The zero-order valence-electron chi connectivity index (χ0n) is 11.0. The number of benzene rings is 1. The molecule has 6 nitrogen and oxygen atoms in total. The molecule has 0 spiro atoms. The van der Waals surface area contributed by atoms with Crippen LogP contribution in [0, 0.1) is 35.3 Å². The Bertz CT molecular complexity index is 720. The lowest BCUT2D eigenvalue weighted by Crippen LogP contribution is -1.96. The van der Waals surface area contributed by atoms with E-state index < -0.39 is 4.92 Å². The Balaban J connectivity index is 2.37. The maximum Gasteiger partial charge on any atom is 0.272 e. The SMILES string of the molecule is Cc1cc(Oc2nccc(C)c2C#N)ccc1[N+](=O)[O-]. The summed E-state index contributed by atoms with van der Waals surface area (Å²) < 4.78 is 5.54. The second-order valence-electron chi connectivity index (χ2n) is 4.23. The van der Waals surface area contributed by atoms with Crippen LogP contribution in [0.1, 0.15) is 16.7 Å².